The number of anilines is 1. The first-order valence-electron chi connectivity index (χ1n) is 8.24. The molecule has 3 rings (SSSR count). The summed E-state index contributed by atoms with van der Waals surface area (Å²) in [6.45, 7) is 2.19. The third kappa shape index (κ3) is 3.09. The summed E-state index contributed by atoms with van der Waals surface area (Å²) in [7, 11) is 0. The molecule has 5 nitrogen and oxygen atoms in total. The Balaban J connectivity index is 1.83. The number of nitrogens with zero attached hydrogens (tertiary/aromatic N) is 1. The van der Waals surface area contributed by atoms with Crippen LogP contribution in [0.1, 0.15) is 42.2 Å². The molecule has 0 aromatic carbocycles. The SMILES string of the molecule is C[C@@H]1CCc2c(sc(NC(=O)[C@@H]3CC=CC[C@@H]3C(=O)O)c2C#N)C1. The van der Waals surface area contributed by atoms with Crippen LogP contribution in [0.3, 0.4) is 0 Å². The first-order valence-corrected chi connectivity index (χ1v) is 9.06. The highest BCUT2D eigenvalue weighted by molar-refractivity contribution is 7.16. The standard InChI is InChI=1S/C18H20N2O3S/c1-10-6-7-11-14(9-19)17(24-15(11)8-10)20-16(21)12-4-2-3-5-13(12)18(22)23/h2-3,10,12-13H,4-8H2,1H3,(H,20,21)(H,22,23)/t10-,12-,13+/m1/s1. The quantitative estimate of drug-likeness (QED) is 0.823. The molecule has 2 N–H and O–H groups in total. The van der Waals surface area contributed by atoms with E-state index in [1.165, 1.54) is 16.2 Å². The molecule has 1 heterocycles. The van der Waals surface area contributed by atoms with E-state index >= 15 is 0 Å². The largest absolute Gasteiger partial charge is 0.481 e. The lowest BCUT2D eigenvalue weighted by Gasteiger charge is -2.23. The van der Waals surface area contributed by atoms with Gasteiger partial charge in [-0.2, -0.15) is 5.26 Å². The molecule has 0 radical (unpaired) electrons. The molecule has 0 aliphatic heterocycles. The number of aliphatic carboxylic acids is 1. The number of amides is 1. The van der Waals surface area contributed by atoms with Crippen molar-refractivity contribution in [2.45, 2.75) is 39.0 Å². The lowest BCUT2D eigenvalue weighted by molar-refractivity contribution is -0.146. The second-order valence-corrected chi connectivity index (χ2v) is 7.76. The summed E-state index contributed by atoms with van der Waals surface area (Å²) in [6, 6.07) is 2.23. The Labute approximate surface area is 145 Å². The van der Waals surface area contributed by atoms with E-state index in [1.807, 2.05) is 12.2 Å². The monoisotopic (exact) mass is 344 g/mol. The number of thiophene rings is 1. The first-order chi connectivity index (χ1) is 11.5. The highest BCUT2D eigenvalue weighted by atomic mass is 32.1. The third-order valence-electron chi connectivity index (χ3n) is 4.95. The molecule has 24 heavy (non-hydrogen) atoms. The van der Waals surface area contributed by atoms with Crippen molar-refractivity contribution in [2.24, 2.45) is 17.8 Å². The molecule has 1 aromatic rings. The number of carboxylic acid groups (broad SMARTS) is 1. The highest BCUT2D eigenvalue weighted by Crippen LogP contribution is 2.39. The highest BCUT2D eigenvalue weighted by Gasteiger charge is 2.35. The van der Waals surface area contributed by atoms with Gasteiger partial charge in [0.15, 0.2) is 0 Å². The first kappa shape index (κ1) is 16.7. The van der Waals surface area contributed by atoms with Gasteiger partial charge in [0.2, 0.25) is 5.91 Å². The van der Waals surface area contributed by atoms with Crippen molar-refractivity contribution < 1.29 is 14.7 Å². The Bertz CT molecular complexity index is 744. The van der Waals surface area contributed by atoms with Gasteiger partial charge < -0.3 is 10.4 Å². The van der Waals surface area contributed by atoms with E-state index in [2.05, 4.69) is 18.3 Å². The summed E-state index contributed by atoms with van der Waals surface area (Å²) in [4.78, 5) is 25.2. The van der Waals surface area contributed by atoms with Gasteiger partial charge in [0, 0.05) is 4.88 Å². The molecule has 0 spiro atoms. The van der Waals surface area contributed by atoms with Gasteiger partial charge in [-0.25, -0.2) is 0 Å². The smallest absolute Gasteiger partial charge is 0.307 e. The number of fused-ring (bicyclic) bond motifs is 1. The van der Waals surface area contributed by atoms with Gasteiger partial charge in [-0.3, -0.25) is 9.59 Å². The number of allylic oxidation sites excluding steroid dienone is 2. The number of nitriles is 1. The van der Waals surface area contributed by atoms with Gasteiger partial charge >= 0.3 is 5.97 Å². The van der Waals surface area contributed by atoms with E-state index in [1.54, 1.807) is 0 Å². The number of nitrogens with one attached hydrogen (secondary N) is 1. The zero-order valence-corrected chi connectivity index (χ0v) is 14.4. The molecule has 0 unspecified atom stereocenters. The lowest BCUT2D eigenvalue weighted by Crippen LogP contribution is -2.34. The maximum absolute atomic E-state index is 12.6. The van der Waals surface area contributed by atoms with Gasteiger partial charge in [-0.1, -0.05) is 19.1 Å². The summed E-state index contributed by atoms with van der Waals surface area (Å²) >= 11 is 1.47. The maximum atomic E-state index is 12.6. The molecule has 1 aromatic heterocycles. The fraction of sp³-hybridized carbons (Fsp3) is 0.500. The van der Waals surface area contributed by atoms with E-state index < -0.39 is 17.8 Å². The Hall–Kier alpha value is -2.13. The van der Waals surface area contributed by atoms with Gasteiger partial charge in [-0.15, -0.1) is 11.3 Å². The van der Waals surface area contributed by atoms with E-state index in [0.29, 0.717) is 29.3 Å². The fourth-order valence-electron chi connectivity index (χ4n) is 3.54. The van der Waals surface area contributed by atoms with Crippen molar-refractivity contribution in [3.63, 3.8) is 0 Å². The van der Waals surface area contributed by atoms with Gasteiger partial charge in [0.05, 0.1) is 17.4 Å². The predicted octanol–water partition coefficient (Wildman–Crippen LogP) is 3.35. The summed E-state index contributed by atoms with van der Waals surface area (Å²) in [6.07, 6.45) is 7.33. The molecular weight excluding hydrogens is 324 g/mol. The Morgan fingerprint density at radius 3 is 2.71 bits per heavy atom. The molecule has 6 heteroatoms. The zero-order valence-electron chi connectivity index (χ0n) is 13.5. The molecule has 0 saturated heterocycles. The second-order valence-electron chi connectivity index (χ2n) is 6.65. The zero-order chi connectivity index (χ0) is 17.3. The minimum atomic E-state index is -0.945. The molecule has 1 amide bonds. The number of carbonyl (C=O) groups is 2. The van der Waals surface area contributed by atoms with Crippen LogP contribution in [0.5, 0.6) is 0 Å². The van der Waals surface area contributed by atoms with Gasteiger partial charge in [0.25, 0.3) is 0 Å². The molecule has 2 aliphatic carbocycles. The van der Waals surface area contributed by atoms with E-state index in [9.17, 15) is 20.0 Å². The van der Waals surface area contributed by atoms with Crippen molar-refractivity contribution in [3.05, 3.63) is 28.2 Å². The number of hydrogen-bond donors (Lipinski definition) is 2. The van der Waals surface area contributed by atoms with Crippen LogP contribution in [0, 0.1) is 29.1 Å². The average molecular weight is 344 g/mol. The Morgan fingerprint density at radius 2 is 2.04 bits per heavy atom. The van der Waals surface area contributed by atoms with Crippen molar-refractivity contribution in [3.8, 4) is 6.07 Å². The van der Waals surface area contributed by atoms with Crippen LogP contribution >= 0.6 is 11.3 Å². The van der Waals surface area contributed by atoms with Crippen molar-refractivity contribution in [1.82, 2.24) is 0 Å². The van der Waals surface area contributed by atoms with Crippen LogP contribution in [0.2, 0.25) is 0 Å². The number of hydrogen-bond acceptors (Lipinski definition) is 4. The molecular formula is C18H20N2O3S. The Morgan fingerprint density at radius 1 is 1.33 bits per heavy atom. The summed E-state index contributed by atoms with van der Waals surface area (Å²) in [5.74, 6) is -1.94. The maximum Gasteiger partial charge on any atom is 0.307 e. The van der Waals surface area contributed by atoms with Crippen molar-refractivity contribution in [1.29, 1.82) is 5.26 Å². The molecule has 2 aliphatic rings. The predicted molar refractivity (Wildman–Crippen MR) is 91.8 cm³/mol. The average Bonchev–Trinajstić information content (AvgIpc) is 2.90. The van der Waals surface area contributed by atoms with Crippen LogP contribution in [-0.4, -0.2) is 17.0 Å². The minimum Gasteiger partial charge on any atom is -0.481 e. The van der Waals surface area contributed by atoms with Crippen LogP contribution in [0.15, 0.2) is 12.2 Å². The molecule has 0 fully saturated rings. The van der Waals surface area contributed by atoms with Crippen LogP contribution in [0.4, 0.5) is 5.00 Å². The minimum absolute atomic E-state index is 0.296. The molecule has 3 atom stereocenters. The van der Waals surface area contributed by atoms with E-state index in [-0.39, 0.29) is 5.91 Å². The number of carbonyl (C=O) groups excluding carboxylic acids is 1. The number of rotatable bonds is 3. The fourth-order valence-corrected chi connectivity index (χ4v) is 4.90. The van der Waals surface area contributed by atoms with Crippen LogP contribution < -0.4 is 5.32 Å². The number of carboxylic acids is 1. The summed E-state index contributed by atoms with van der Waals surface area (Å²) < 4.78 is 0. The van der Waals surface area contributed by atoms with E-state index in [4.69, 9.17) is 0 Å². The molecule has 126 valence electrons. The van der Waals surface area contributed by atoms with E-state index in [0.717, 1.165) is 24.8 Å². The topological polar surface area (TPSA) is 90.2 Å². The summed E-state index contributed by atoms with van der Waals surface area (Å²) in [5.41, 5.74) is 1.63. The second kappa shape index (κ2) is 6.78. The van der Waals surface area contributed by atoms with Crippen LogP contribution in [-0.2, 0) is 22.4 Å². The van der Waals surface area contributed by atoms with Gasteiger partial charge in [-0.05, 0) is 43.6 Å². The van der Waals surface area contributed by atoms with Crippen molar-refractivity contribution >= 4 is 28.2 Å². The summed E-state index contributed by atoms with van der Waals surface area (Å²) in [5, 5.41) is 22.2. The van der Waals surface area contributed by atoms with Crippen LogP contribution in [0.25, 0.3) is 0 Å². The lowest BCUT2D eigenvalue weighted by atomic mass is 9.82. The molecule has 0 saturated carbocycles. The Kier molecular flexibility index (Phi) is 4.72. The normalized spacial score (nSPS) is 25.6. The third-order valence-corrected chi connectivity index (χ3v) is 6.12. The molecule has 0 bridgehead atoms. The van der Waals surface area contributed by atoms with Gasteiger partial charge in [0.1, 0.15) is 11.1 Å². The van der Waals surface area contributed by atoms with Crippen molar-refractivity contribution in [2.75, 3.05) is 5.32 Å².